The quantitative estimate of drug-likeness (QED) is 0.130. The van der Waals surface area contributed by atoms with Crippen LogP contribution in [0.4, 0.5) is 0 Å². The smallest absolute Gasteiger partial charge is 0.466 e. The summed E-state index contributed by atoms with van der Waals surface area (Å²) in [5, 5.41) is 0. The van der Waals surface area contributed by atoms with Gasteiger partial charge in [-0.3, -0.25) is 9.32 Å². The van der Waals surface area contributed by atoms with Gasteiger partial charge in [0.05, 0.1) is 13.2 Å². The van der Waals surface area contributed by atoms with Crippen LogP contribution in [0.25, 0.3) is 0 Å². The summed E-state index contributed by atoms with van der Waals surface area (Å²) in [5.41, 5.74) is 0. The molecule has 6 nitrogen and oxygen atoms in total. The number of phosphoric acid groups is 1. The topological polar surface area (TPSA) is 93.1 Å². The molecule has 0 unspecified atom stereocenters. The van der Waals surface area contributed by atoms with Gasteiger partial charge in [0.1, 0.15) is 0 Å². The Hall–Kier alpha value is -1.20. The van der Waals surface area contributed by atoms with Crippen molar-refractivity contribution in [2.24, 2.45) is 0 Å². The number of hydrogen-bond donors (Lipinski definition) is 2. The lowest BCUT2D eigenvalue weighted by molar-refractivity contribution is -0.144. The molecule has 0 aromatic rings. The summed E-state index contributed by atoms with van der Waals surface area (Å²) in [5.74, 6) is -0.286. The number of carbonyl (C=O) groups is 1. The minimum absolute atomic E-state index is 0.110. The Morgan fingerprint density at radius 3 is 1.96 bits per heavy atom. The lowest BCUT2D eigenvalue weighted by atomic mass is 10.1. The van der Waals surface area contributed by atoms with Crippen molar-refractivity contribution in [3.63, 3.8) is 0 Å². The molecule has 0 aromatic heterocycles. The highest BCUT2D eigenvalue weighted by molar-refractivity contribution is 7.46. The molecule has 28 heavy (non-hydrogen) atoms. The molecule has 0 aliphatic heterocycles. The number of esters is 1. The van der Waals surface area contributed by atoms with E-state index in [4.69, 9.17) is 14.5 Å². The highest BCUT2D eigenvalue weighted by Crippen LogP contribution is 2.35. The molecule has 0 radical (unpaired) electrons. The van der Waals surface area contributed by atoms with Crippen LogP contribution in [0.15, 0.2) is 36.5 Å². The van der Waals surface area contributed by atoms with E-state index in [2.05, 4.69) is 47.9 Å². The van der Waals surface area contributed by atoms with Gasteiger partial charge in [0.25, 0.3) is 0 Å². The van der Waals surface area contributed by atoms with Crippen molar-refractivity contribution >= 4 is 13.8 Å². The van der Waals surface area contributed by atoms with Crippen molar-refractivity contribution in [3.05, 3.63) is 36.5 Å². The maximum absolute atomic E-state index is 11.5. The summed E-state index contributed by atoms with van der Waals surface area (Å²) in [4.78, 5) is 28.5. The first-order valence-electron chi connectivity index (χ1n) is 10.3. The molecule has 0 bridgehead atoms. The van der Waals surface area contributed by atoms with E-state index < -0.39 is 7.82 Å². The van der Waals surface area contributed by atoms with Crippen molar-refractivity contribution in [1.82, 2.24) is 0 Å². The summed E-state index contributed by atoms with van der Waals surface area (Å²) >= 11 is 0. The predicted molar refractivity (Wildman–Crippen MR) is 113 cm³/mol. The molecule has 0 atom stereocenters. The second-order valence-corrected chi connectivity index (χ2v) is 7.76. The van der Waals surface area contributed by atoms with E-state index in [1.165, 1.54) is 25.7 Å². The van der Waals surface area contributed by atoms with E-state index in [-0.39, 0.29) is 25.6 Å². The van der Waals surface area contributed by atoms with E-state index in [0.717, 1.165) is 32.1 Å². The molecule has 0 aromatic carbocycles. The van der Waals surface area contributed by atoms with Crippen molar-refractivity contribution in [2.45, 2.75) is 77.6 Å². The van der Waals surface area contributed by atoms with Crippen LogP contribution in [0.1, 0.15) is 77.6 Å². The van der Waals surface area contributed by atoms with Gasteiger partial charge < -0.3 is 14.5 Å². The summed E-state index contributed by atoms with van der Waals surface area (Å²) < 4.78 is 19.7. The predicted octanol–water partition coefficient (Wildman–Crippen LogP) is 5.62. The first-order chi connectivity index (χ1) is 13.5. The average molecular weight is 416 g/mol. The van der Waals surface area contributed by atoms with E-state index in [1.54, 1.807) is 0 Å². The first kappa shape index (κ1) is 26.8. The van der Waals surface area contributed by atoms with Gasteiger partial charge in [-0.15, -0.1) is 0 Å². The summed E-state index contributed by atoms with van der Waals surface area (Å²) in [6, 6.07) is 0. The van der Waals surface area contributed by atoms with E-state index >= 15 is 0 Å². The third kappa shape index (κ3) is 22.8. The summed E-state index contributed by atoms with van der Waals surface area (Å²) in [7, 11) is -4.43. The Morgan fingerprint density at radius 1 is 0.821 bits per heavy atom. The SMILES string of the molecule is CCCCCC=CCC=CCC=CCCCCC(=O)OCCCOP(=O)(O)O. The van der Waals surface area contributed by atoms with Gasteiger partial charge in [-0.1, -0.05) is 56.2 Å². The normalized spacial score (nSPS) is 12.5. The highest BCUT2D eigenvalue weighted by atomic mass is 31.2. The number of ether oxygens (including phenoxy) is 1. The van der Waals surface area contributed by atoms with Crippen molar-refractivity contribution in [3.8, 4) is 0 Å². The number of unbranched alkanes of at least 4 members (excludes halogenated alkanes) is 5. The second kappa shape index (κ2) is 19.1. The Bertz CT molecular complexity index is 507. The van der Waals surface area contributed by atoms with E-state index in [9.17, 15) is 9.36 Å². The lowest BCUT2D eigenvalue weighted by Gasteiger charge is -2.06. The molecule has 7 heteroatoms. The number of phosphoric ester groups is 1. The molecular weight excluding hydrogens is 379 g/mol. The van der Waals surface area contributed by atoms with E-state index in [1.807, 2.05) is 0 Å². The average Bonchev–Trinajstić information content (AvgIpc) is 2.63. The van der Waals surface area contributed by atoms with Gasteiger partial charge >= 0.3 is 13.8 Å². The Kier molecular flexibility index (Phi) is 18.3. The molecule has 0 fully saturated rings. The van der Waals surface area contributed by atoms with Crippen LogP contribution in [-0.2, 0) is 18.6 Å². The summed E-state index contributed by atoms with van der Waals surface area (Å²) in [6.07, 6.45) is 23.3. The fourth-order valence-electron chi connectivity index (χ4n) is 2.32. The largest absolute Gasteiger partial charge is 0.469 e. The molecule has 0 saturated carbocycles. The monoisotopic (exact) mass is 416 g/mol. The zero-order valence-electron chi connectivity index (χ0n) is 17.1. The van der Waals surface area contributed by atoms with E-state index in [0.29, 0.717) is 6.42 Å². The highest BCUT2D eigenvalue weighted by Gasteiger charge is 2.12. The Morgan fingerprint density at radius 2 is 1.39 bits per heavy atom. The van der Waals surface area contributed by atoms with Crippen molar-refractivity contribution in [2.75, 3.05) is 13.2 Å². The summed E-state index contributed by atoms with van der Waals surface area (Å²) in [6.45, 7) is 2.19. The van der Waals surface area contributed by atoms with Crippen LogP contribution >= 0.6 is 7.82 Å². The maximum Gasteiger partial charge on any atom is 0.469 e. The standard InChI is InChI=1S/C21H37O6P/c1-2-3-4-5-6-7-8-9-10-11-12-13-14-15-16-18-21(22)26-19-17-20-27-28(23,24)25/h6-7,9-10,12-13H,2-5,8,11,14-20H2,1H3,(H2,23,24,25). The zero-order chi connectivity index (χ0) is 20.9. The van der Waals surface area contributed by atoms with Crippen LogP contribution in [-0.4, -0.2) is 29.0 Å². The fourth-order valence-corrected chi connectivity index (χ4v) is 2.69. The van der Waals surface area contributed by atoms with Crippen LogP contribution in [0.3, 0.4) is 0 Å². The number of allylic oxidation sites excluding steroid dienone is 6. The Balaban J connectivity index is 3.44. The van der Waals surface area contributed by atoms with Gasteiger partial charge in [-0.05, 0) is 44.9 Å². The van der Waals surface area contributed by atoms with Crippen molar-refractivity contribution in [1.29, 1.82) is 0 Å². The van der Waals surface area contributed by atoms with Gasteiger partial charge in [0.15, 0.2) is 0 Å². The molecule has 0 spiro atoms. The van der Waals surface area contributed by atoms with Crippen molar-refractivity contribution < 1.29 is 28.4 Å². The van der Waals surface area contributed by atoms with Gasteiger partial charge in [-0.2, -0.15) is 0 Å². The second-order valence-electron chi connectivity index (χ2n) is 6.53. The maximum atomic E-state index is 11.5. The fraction of sp³-hybridized carbons (Fsp3) is 0.667. The minimum Gasteiger partial charge on any atom is -0.466 e. The van der Waals surface area contributed by atoms with Crippen LogP contribution < -0.4 is 0 Å². The number of carbonyl (C=O) groups excluding carboxylic acids is 1. The molecule has 0 amide bonds. The van der Waals surface area contributed by atoms with Crippen LogP contribution in [0.5, 0.6) is 0 Å². The van der Waals surface area contributed by atoms with Gasteiger partial charge in [-0.25, -0.2) is 4.57 Å². The van der Waals surface area contributed by atoms with Gasteiger partial charge in [0.2, 0.25) is 0 Å². The molecule has 2 N–H and O–H groups in total. The van der Waals surface area contributed by atoms with Gasteiger partial charge in [0, 0.05) is 12.8 Å². The first-order valence-corrected chi connectivity index (χ1v) is 11.8. The molecule has 0 rings (SSSR count). The molecule has 0 aliphatic carbocycles. The number of hydrogen-bond acceptors (Lipinski definition) is 4. The Labute approximate surface area is 169 Å². The van der Waals surface area contributed by atoms with Crippen LogP contribution in [0.2, 0.25) is 0 Å². The molecule has 0 aliphatic rings. The molecular formula is C21H37O6P. The third-order valence-corrected chi connectivity index (χ3v) is 4.35. The third-order valence-electron chi connectivity index (χ3n) is 3.83. The molecule has 0 heterocycles. The molecule has 0 saturated heterocycles. The lowest BCUT2D eigenvalue weighted by Crippen LogP contribution is -2.07. The van der Waals surface area contributed by atoms with Crippen LogP contribution in [0, 0.1) is 0 Å². The minimum atomic E-state index is -4.43. The zero-order valence-corrected chi connectivity index (χ0v) is 18.0. The molecule has 162 valence electrons. The number of rotatable bonds is 18.